The Bertz CT molecular complexity index is 1410. The van der Waals surface area contributed by atoms with Crippen LogP contribution in [0, 0.1) is 0 Å². The number of carbonyl (C=O) groups is 5. The van der Waals surface area contributed by atoms with Crippen LogP contribution in [0.5, 0.6) is 0 Å². The molecule has 0 fully saturated rings. The van der Waals surface area contributed by atoms with Crippen LogP contribution in [0.2, 0.25) is 0 Å². The van der Waals surface area contributed by atoms with Crippen LogP contribution in [0.1, 0.15) is 30.9 Å². The van der Waals surface area contributed by atoms with Crippen molar-refractivity contribution in [3.05, 3.63) is 71.9 Å². The number of amides is 3. The minimum Gasteiger partial charge on any atom is -0.481 e. The molecular weight excluding hydrogens is 546 g/mol. The molecule has 0 spiro atoms. The Morgan fingerprint density at radius 2 is 1.38 bits per heavy atom. The Kier molecular flexibility index (Phi) is 11.2. The largest absolute Gasteiger partial charge is 0.481 e. The number of fused-ring (bicyclic) bond motifs is 1. The predicted molar refractivity (Wildman–Crippen MR) is 152 cm³/mol. The fraction of sp³-hybridized carbons (Fsp3) is 0.345. The Morgan fingerprint density at radius 3 is 2.00 bits per heavy atom. The van der Waals surface area contributed by atoms with Crippen LogP contribution >= 0.6 is 0 Å². The van der Waals surface area contributed by atoms with Crippen molar-refractivity contribution in [2.24, 2.45) is 5.73 Å². The number of aliphatic hydroxyl groups is 1. The first-order chi connectivity index (χ1) is 20.0. The number of carboxylic acid groups (broad SMARTS) is 2. The molecule has 1 heterocycles. The van der Waals surface area contributed by atoms with Gasteiger partial charge in [-0.3, -0.25) is 19.2 Å². The molecule has 5 atom stereocenters. The van der Waals surface area contributed by atoms with Crippen molar-refractivity contribution >= 4 is 40.6 Å². The molecule has 0 aliphatic heterocycles. The maximum absolute atomic E-state index is 13.6. The molecule has 0 bridgehead atoms. The van der Waals surface area contributed by atoms with Crippen molar-refractivity contribution in [3.63, 3.8) is 0 Å². The van der Waals surface area contributed by atoms with E-state index in [1.54, 1.807) is 42.6 Å². The lowest BCUT2D eigenvalue weighted by molar-refractivity contribution is -0.143. The molecule has 3 rings (SSSR count). The van der Waals surface area contributed by atoms with Crippen LogP contribution in [0.15, 0.2) is 60.8 Å². The second kappa shape index (κ2) is 14.8. The third kappa shape index (κ3) is 8.88. The molecule has 42 heavy (non-hydrogen) atoms. The van der Waals surface area contributed by atoms with E-state index in [0.29, 0.717) is 11.1 Å². The molecule has 13 nitrogen and oxygen atoms in total. The van der Waals surface area contributed by atoms with E-state index in [1.807, 2.05) is 18.2 Å². The molecule has 9 N–H and O–H groups in total. The Hall–Kier alpha value is -4.75. The third-order valence-electron chi connectivity index (χ3n) is 6.73. The summed E-state index contributed by atoms with van der Waals surface area (Å²) in [6, 6.07) is 10.7. The zero-order valence-corrected chi connectivity index (χ0v) is 22.9. The maximum atomic E-state index is 13.6. The summed E-state index contributed by atoms with van der Waals surface area (Å²) in [6.07, 6.45) is -0.403. The summed E-state index contributed by atoms with van der Waals surface area (Å²) in [5.74, 6) is -5.03. The SMILES string of the molecule is CC(O)C(N)C(=O)NC(Cc1ccccc1)C(=O)NC(Cc1c[nH]c2ccccc12)C(=O)NC(CCC(=O)O)C(=O)O. The van der Waals surface area contributed by atoms with Gasteiger partial charge in [0, 0.05) is 36.4 Å². The number of H-pyrrole nitrogens is 1. The van der Waals surface area contributed by atoms with Gasteiger partial charge in [0.25, 0.3) is 0 Å². The Balaban J connectivity index is 1.90. The second-order valence-electron chi connectivity index (χ2n) is 9.97. The highest BCUT2D eigenvalue weighted by molar-refractivity contribution is 5.95. The van der Waals surface area contributed by atoms with Crippen LogP contribution in [0.3, 0.4) is 0 Å². The van der Waals surface area contributed by atoms with E-state index in [-0.39, 0.29) is 19.3 Å². The van der Waals surface area contributed by atoms with Crippen LogP contribution in [0.25, 0.3) is 10.9 Å². The molecule has 1 aromatic heterocycles. The number of aliphatic carboxylic acids is 2. The minimum atomic E-state index is -1.51. The summed E-state index contributed by atoms with van der Waals surface area (Å²) in [5.41, 5.74) is 7.90. The molecule has 5 unspecified atom stereocenters. The van der Waals surface area contributed by atoms with Gasteiger partial charge in [-0.1, -0.05) is 48.5 Å². The molecule has 0 radical (unpaired) electrons. The third-order valence-corrected chi connectivity index (χ3v) is 6.73. The maximum Gasteiger partial charge on any atom is 0.326 e. The number of carboxylic acids is 2. The van der Waals surface area contributed by atoms with Crippen LogP contribution in [-0.4, -0.2) is 80.2 Å². The van der Waals surface area contributed by atoms with E-state index >= 15 is 0 Å². The zero-order chi connectivity index (χ0) is 30.8. The fourth-order valence-electron chi connectivity index (χ4n) is 4.35. The fourth-order valence-corrected chi connectivity index (χ4v) is 4.35. The van der Waals surface area contributed by atoms with Gasteiger partial charge in [-0.15, -0.1) is 0 Å². The molecule has 3 aromatic rings. The number of carbonyl (C=O) groups excluding carboxylic acids is 3. The van der Waals surface area contributed by atoms with E-state index in [4.69, 9.17) is 10.8 Å². The summed E-state index contributed by atoms with van der Waals surface area (Å²) in [7, 11) is 0. The van der Waals surface area contributed by atoms with E-state index in [1.165, 1.54) is 6.92 Å². The predicted octanol–water partition coefficient (Wildman–Crippen LogP) is 0.0650. The molecule has 0 saturated heterocycles. The van der Waals surface area contributed by atoms with Crippen LogP contribution in [0.4, 0.5) is 0 Å². The van der Waals surface area contributed by atoms with Crippen molar-refractivity contribution in [1.82, 2.24) is 20.9 Å². The monoisotopic (exact) mass is 581 g/mol. The number of rotatable bonds is 15. The summed E-state index contributed by atoms with van der Waals surface area (Å²) in [4.78, 5) is 65.6. The Labute approximate surface area is 241 Å². The average molecular weight is 582 g/mol. The van der Waals surface area contributed by atoms with Gasteiger partial charge in [0.2, 0.25) is 17.7 Å². The number of benzene rings is 2. The lowest BCUT2D eigenvalue weighted by Crippen LogP contribution is -2.59. The van der Waals surface area contributed by atoms with Gasteiger partial charge in [0.15, 0.2) is 0 Å². The molecular formula is C29H35N5O8. The first-order valence-electron chi connectivity index (χ1n) is 13.3. The normalized spacial score (nSPS) is 14.6. The number of aliphatic hydroxyl groups excluding tert-OH is 1. The minimum absolute atomic E-state index is 0.0305. The molecule has 0 aliphatic rings. The first-order valence-corrected chi connectivity index (χ1v) is 13.3. The number of hydrogen-bond acceptors (Lipinski definition) is 7. The van der Waals surface area contributed by atoms with E-state index in [0.717, 1.165) is 10.9 Å². The van der Waals surface area contributed by atoms with Gasteiger partial charge in [-0.25, -0.2) is 4.79 Å². The molecule has 0 aliphatic carbocycles. The summed E-state index contributed by atoms with van der Waals surface area (Å²) < 4.78 is 0. The van der Waals surface area contributed by atoms with Crippen molar-refractivity contribution < 1.29 is 39.3 Å². The summed E-state index contributed by atoms with van der Waals surface area (Å²) in [6.45, 7) is 1.33. The van der Waals surface area contributed by atoms with E-state index < -0.39 is 66.4 Å². The highest BCUT2D eigenvalue weighted by Crippen LogP contribution is 2.19. The number of hydrogen-bond donors (Lipinski definition) is 8. The molecule has 3 amide bonds. The molecule has 224 valence electrons. The molecule has 13 heteroatoms. The van der Waals surface area contributed by atoms with Crippen molar-refractivity contribution in [2.45, 2.75) is 62.9 Å². The number of aromatic amines is 1. The lowest BCUT2D eigenvalue weighted by atomic mass is 10.0. The van der Waals surface area contributed by atoms with Crippen LogP contribution < -0.4 is 21.7 Å². The number of aromatic nitrogens is 1. The zero-order valence-electron chi connectivity index (χ0n) is 22.9. The standard InChI is InChI=1S/C29H35N5O8/c1-16(35)25(30)28(40)34-22(13-17-7-3-2-4-8-17)26(38)33-23(14-18-15-31-20-10-6-5-9-19(18)20)27(39)32-21(29(41)42)11-12-24(36)37/h2-10,15-16,21-23,25,31,35H,11-14,30H2,1H3,(H,32,39)(H,33,38)(H,34,40)(H,36,37)(H,41,42). The summed E-state index contributed by atoms with van der Waals surface area (Å²) in [5, 5.41) is 36.6. The first kappa shape index (κ1) is 31.8. The van der Waals surface area contributed by atoms with Crippen molar-refractivity contribution in [2.75, 3.05) is 0 Å². The average Bonchev–Trinajstić information content (AvgIpc) is 3.36. The molecule has 2 aromatic carbocycles. The number of nitrogens with two attached hydrogens (primary N) is 1. The van der Waals surface area contributed by atoms with E-state index in [2.05, 4.69) is 20.9 Å². The topological polar surface area (TPSA) is 224 Å². The lowest BCUT2D eigenvalue weighted by Gasteiger charge is -2.25. The van der Waals surface area contributed by atoms with Crippen LogP contribution in [-0.2, 0) is 36.8 Å². The smallest absolute Gasteiger partial charge is 0.326 e. The van der Waals surface area contributed by atoms with Gasteiger partial charge in [0.05, 0.1) is 6.10 Å². The van der Waals surface area contributed by atoms with E-state index in [9.17, 15) is 34.2 Å². The quantitative estimate of drug-likeness (QED) is 0.121. The highest BCUT2D eigenvalue weighted by Gasteiger charge is 2.32. The van der Waals surface area contributed by atoms with Gasteiger partial charge in [0.1, 0.15) is 24.2 Å². The van der Waals surface area contributed by atoms with Crippen molar-refractivity contribution in [1.29, 1.82) is 0 Å². The molecule has 0 saturated carbocycles. The van der Waals surface area contributed by atoms with Gasteiger partial charge in [-0.2, -0.15) is 0 Å². The number of para-hydroxylation sites is 1. The number of nitrogens with one attached hydrogen (secondary N) is 4. The highest BCUT2D eigenvalue weighted by atomic mass is 16.4. The van der Waals surface area contributed by atoms with Crippen molar-refractivity contribution in [3.8, 4) is 0 Å². The summed E-state index contributed by atoms with van der Waals surface area (Å²) >= 11 is 0. The van der Waals surface area contributed by atoms with Gasteiger partial charge >= 0.3 is 11.9 Å². The van der Waals surface area contributed by atoms with Gasteiger partial charge < -0.3 is 42.0 Å². The second-order valence-corrected chi connectivity index (χ2v) is 9.97. The van der Waals surface area contributed by atoms with Gasteiger partial charge in [-0.05, 0) is 30.5 Å². The Morgan fingerprint density at radius 1 is 0.810 bits per heavy atom.